The number of anilines is 1. The van der Waals surface area contributed by atoms with Gasteiger partial charge in [-0.15, -0.1) is 12.2 Å². The Hall–Kier alpha value is -3.90. The van der Waals surface area contributed by atoms with Crippen molar-refractivity contribution in [2.45, 2.75) is 44.1 Å². The SMILES string of the molecule is CN(C)CCC(=O)Nc1ccc2c(c1)[N-]C2=O.C[N-]CC1(O)CCN(C(=O)C(CCCNC(=O)c2ccc3c(Cl)ccnc3c2)Cc2cccnc2)CC1.[U+2]. The summed E-state index contributed by atoms with van der Waals surface area (Å²) in [5, 5.41) is 25.6. The largest absolute Gasteiger partial charge is 2.00 e. The van der Waals surface area contributed by atoms with Crippen LogP contribution in [0.4, 0.5) is 11.4 Å². The van der Waals surface area contributed by atoms with Gasteiger partial charge in [0.1, 0.15) is 0 Å². The molecule has 0 aliphatic carbocycles. The second-order valence-electron chi connectivity index (χ2n) is 14.0. The maximum Gasteiger partial charge on any atom is 2.00 e. The van der Waals surface area contributed by atoms with Gasteiger partial charge in [-0.05, 0) is 87.7 Å². The second-order valence-corrected chi connectivity index (χ2v) is 14.4. The zero-order valence-electron chi connectivity index (χ0n) is 31.4. The van der Waals surface area contributed by atoms with Crippen molar-refractivity contribution in [3.8, 4) is 0 Å². The van der Waals surface area contributed by atoms with E-state index in [-0.39, 0.29) is 60.7 Å². The Bertz CT molecular complexity index is 1940. The molecule has 6 rings (SSSR count). The molecule has 55 heavy (non-hydrogen) atoms. The molecule has 15 heteroatoms. The number of piperidine rings is 1. The molecule has 0 bridgehead atoms. The van der Waals surface area contributed by atoms with E-state index in [2.05, 4.69) is 31.2 Å². The number of hydrogen-bond donors (Lipinski definition) is 3. The van der Waals surface area contributed by atoms with Gasteiger partial charge in [-0.25, -0.2) is 0 Å². The first-order valence-electron chi connectivity index (χ1n) is 18.1. The first kappa shape index (κ1) is 43.8. The van der Waals surface area contributed by atoms with Crippen LogP contribution >= 0.6 is 11.6 Å². The molecular formula is C40H47ClN8O5U. The van der Waals surface area contributed by atoms with Gasteiger partial charge in [0.05, 0.1) is 16.4 Å². The molecule has 2 aliphatic rings. The van der Waals surface area contributed by atoms with E-state index in [1.165, 1.54) is 0 Å². The molecule has 0 spiro atoms. The summed E-state index contributed by atoms with van der Waals surface area (Å²) >= 11 is 6.20. The van der Waals surface area contributed by atoms with Crippen LogP contribution in [0, 0.1) is 37.0 Å². The number of nitrogens with one attached hydrogen (secondary N) is 2. The average molecular weight is 993 g/mol. The van der Waals surface area contributed by atoms with Crippen molar-refractivity contribution < 1.29 is 55.4 Å². The number of pyridine rings is 2. The molecule has 4 amide bonds. The van der Waals surface area contributed by atoms with Crippen LogP contribution < -0.4 is 10.6 Å². The molecule has 1 unspecified atom stereocenters. The van der Waals surface area contributed by atoms with Crippen LogP contribution in [0.1, 0.15) is 58.4 Å². The maximum atomic E-state index is 13.5. The topological polar surface area (TPSA) is 173 Å². The number of halogens is 1. The van der Waals surface area contributed by atoms with E-state index in [0.717, 1.165) is 10.9 Å². The first-order chi connectivity index (χ1) is 25.9. The maximum absolute atomic E-state index is 13.5. The summed E-state index contributed by atoms with van der Waals surface area (Å²) in [7, 11) is 5.54. The van der Waals surface area contributed by atoms with Crippen molar-refractivity contribution in [3.63, 3.8) is 0 Å². The van der Waals surface area contributed by atoms with Gasteiger partial charge in [0.2, 0.25) is 11.8 Å². The quantitative estimate of drug-likeness (QED) is 0.134. The molecular weight excluding hydrogens is 946 g/mol. The number of rotatable bonds is 14. The summed E-state index contributed by atoms with van der Waals surface area (Å²) in [6.45, 7) is 2.60. The van der Waals surface area contributed by atoms with Crippen LogP contribution in [-0.4, -0.2) is 108 Å². The van der Waals surface area contributed by atoms with Gasteiger partial charge in [-0.3, -0.25) is 24.4 Å². The van der Waals surface area contributed by atoms with Crippen molar-refractivity contribution in [1.29, 1.82) is 0 Å². The molecule has 4 aromatic rings. The van der Waals surface area contributed by atoms with Gasteiger partial charge in [-0.2, -0.15) is 7.05 Å². The van der Waals surface area contributed by atoms with E-state index in [1.54, 1.807) is 68.1 Å². The fraction of sp³-hybridized carbons (Fsp3) is 0.400. The van der Waals surface area contributed by atoms with Crippen molar-refractivity contribution in [2.75, 3.05) is 59.2 Å². The number of carbonyl (C=O) groups is 4. The minimum absolute atomic E-state index is 0. The Labute approximate surface area is 350 Å². The molecule has 0 saturated carbocycles. The monoisotopic (exact) mass is 992 g/mol. The van der Waals surface area contributed by atoms with Crippen molar-refractivity contribution in [1.82, 2.24) is 25.1 Å². The number of amides is 4. The van der Waals surface area contributed by atoms with Crippen LogP contribution in [0.3, 0.4) is 0 Å². The second kappa shape index (κ2) is 20.9. The summed E-state index contributed by atoms with van der Waals surface area (Å²) < 4.78 is 0. The molecule has 1 saturated heterocycles. The van der Waals surface area contributed by atoms with Crippen LogP contribution in [0.2, 0.25) is 5.02 Å². The van der Waals surface area contributed by atoms with E-state index < -0.39 is 5.60 Å². The summed E-state index contributed by atoms with van der Waals surface area (Å²) in [5.74, 6) is -0.552. The summed E-state index contributed by atoms with van der Waals surface area (Å²) in [6.07, 6.45) is 8.50. The zero-order chi connectivity index (χ0) is 38.7. The van der Waals surface area contributed by atoms with Crippen molar-refractivity contribution in [3.05, 3.63) is 106 Å². The third-order valence-electron chi connectivity index (χ3n) is 9.50. The smallest absolute Gasteiger partial charge is 0.663 e. The number of aromatic nitrogens is 2. The Morgan fingerprint density at radius 1 is 1.09 bits per heavy atom. The van der Waals surface area contributed by atoms with E-state index in [9.17, 15) is 24.3 Å². The molecule has 13 nitrogen and oxygen atoms in total. The number of nitrogens with zero attached hydrogens (tertiary/aromatic N) is 6. The third-order valence-corrected chi connectivity index (χ3v) is 9.83. The summed E-state index contributed by atoms with van der Waals surface area (Å²) in [4.78, 5) is 61.0. The molecule has 1 fully saturated rings. The van der Waals surface area contributed by atoms with Crippen LogP contribution in [0.15, 0.2) is 73.2 Å². The van der Waals surface area contributed by atoms with Gasteiger partial charge in [0, 0.05) is 79.3 Å². The van der Waals surface area contributed by atoms with E-state index in [0.29, 0.717) is 104 Å². The molecule has 0 radical (unpaired) electrons. The molecule has 1 atom stereocenters. The summed E-state index contributed by atoms with van der Waals surface area (Å²) in [6, 6.07) is 16.0. The molecule has 2 aliphatic heterocycles. The molecule has 4 heterocycles. The van der Waals surface area contributed by atoms with Gasteiger partial charge in [0.25, 0.3) is 5.91 Å². The molecule has 2 aromatic heterocycles. The Kier molecular flexibility index (Phi) is 16.6. The number of likely N-dealkylation sites (tertiary alicyclic amines) is 1. The fourth-order valence-corrected chi connectivity index (χ4v) is 6.64. The van der Waals surface area contributed by atoms with E-state index >= 15 is 0 Å². The predicted octanol–water partition coefficient (Wildman–Crippen LogP) is 5.74. The van der Waals surface area contributed by atoms with E-state index in [4.69, 9.17) is 11.6 Å². The zero-order valence-corrected chi connectivity index (χ0v) is 36.3. The van der Waals surface area contributed by atoms with Crippen molar-refractivity contribution >= 4 is 57.5 Å². The normalized spacial score (nSPS) is 14.7. The number of benzene rings is 2. The van der Waals surface area contributed by atoms with Gasteiger partial charge < -0.3 is 41.0 Å². The minimum atomic E-state index is -0.821. The van der Waals surface area contributed by atoms with Gasteiger partial charge in [-0.1, -0.05) is 35.9 Å². The number of carbonyl (C=O) groups excluding carboxylic acids is 4. The predicted molar refractivity (Wildman–Crippen MR) is 210 cm³/mol. The number of aliphatic hydroxyl groups is 1. The molecule has 288 valence electrons. The average Bonchev–Trinajstić information content (AvgIpc) is 3.15. The van der Waals surface area contributed by atoms with E-state index in [1.807, 2.05) is 36.0 Å². The first-order valence-corrected chi connectivity index (χ1v) is 18.5. The Morgan fingerprint density at radius 2 is 1.87 bits per heavy atom. The number of hydrogen-bond acceptors (Lipinski definition) is 8. The Morgan fingerprint density at radius 3 is 2.55 bits per heavy atom. The van der Waals surface area contributed by atoms with Gasteiger partial charge in [0.15, 0.2) is 0 Å². The molecule has 3 N–H and O–H groups in total. The van der Waals surface area contributed by atoms with Crippen LogP contribution in [0.5, 0.6) is 0 Å². The summed E-state index contributed by atoms with van der Waals surface area (Å²) in [5.41, 5.74) is 3.33. The fourth-order valence-electron chi connectivity index (χ4n) is 6.43. The molecule has 2 aromatic carbocycles. The number of fused-ring (bicyclic) bond motifs is 2. The van der Waals surface area contributed by atoms with Crippen molar-refractivity contribution in [2.24, 2.45) is 5.92 Å². The van der Waals surface area contributed by atoms with Crippen LogP contribution in [0.25, 0.3) is 21.5 Å². The third kappa shape index (κ3) is 12.6. The van der Waals surface area contributed by atoms with Gasteiger partial charge >= 0.3 is 31.1 Å². The van der Waals surface area contributed by atoms with Crippen LogP contribution in [-0.2, 0) is 16.0 Å². The standard InChI is InChI=1S/C28H33ClN5O3.C12H15N3O2.U/c1-30-19-28(37)9-14-34(15-10-28)27(36)22(16-20-4-2-11-31-18-20)5-3-12-33-26(35)21-6-7-23-24(29)8-13-32-25(23)17-21;1-15(2)6-5-11(16)13-8-3-4-9-10(7-8)14-12(9)17;/h2,4,6-8,11,13,17-18,22,37H,3,5,9-10,12,14-16,19H2,1H3,(H,33,35);3-4,7H,5-6H2,1-2H3,(H2,13,14,16,17);/q-1;;+2/p-1. The minimum Gasteiger partial charge on any atom is -0.663 e. The Balaban J connectivity index is 0.000000313. The number of likely N-dealkylation sites (N-methyl/N-ethyl adjacent to an activating group) is 1.